The second-order valence-corrected chi connectivity index (χ2v) is 4.09. The van der Waals surface area contributed by atoms with Gasteiger partial charge in [-0.3, -0.25) is 0 Å². The molecule has 0 bridgehead atoms. The molecule has 96 valence electrons. The summed E-state index contributed by atoms with van der Waals surface area (Å²) in [4.78, 5) is 6.49. The third-order valence-electron chi connectivity index (χ3n) is 2.84. The van der Waals surface area contributed by atoms with Gasteiger partial charge in [-0.15, -0.1) is 0 Å². The maximum Gasteiger partial charge on any atom is 0.213 e. The zero-order chi connectivity index (χ0) is 12.7. The van der Waals surface area contributed by atoms with Gasteiger partial charge in [-0.2, -0.15) is 0 Å². The van der Waals surface area contributed by atoms with Crippen LogP contribution >= 0.6 is 0 Å². The van der Waals surface area contributed by atoms with Gasteiger partial charge in [0.15, 0.2) is 0 Å². The van der Waals surface area contributed by atoms with Gasteiger partial charge < -0.3 is 15.4 Å². The maximum absolute atomic E-state index is 5.81. The van der Waals surface area contributed by atoms with Crippen LogP contribution in [0.2, 0.25) is 0 Å². The quantitative estimate of drug-likeness (QED) is 0.786. The highest BCUT2D eigenvalue weighted by atomic mass is 16.5. The Hall–Kier alpha value is -1.13. The van der Waals surface area contributed by atoms with E-state index in [1.54, 1.807) is 6.20 Å². The zero-order valence-electron chi connectivity index (χ0n) is 11.0. The van der Waals surface area contributed by atoms with Gasteiger partial charge in [0.1, 0.15) is 6.61 Å². The molecule has 0 aliphatic rings. The molecule has 0 amide bonds. The van der Waals surface area contributed by atoms with Crippen LogP contribution in [0.25, 0.3) is 0 Å². The van der Waals surface area contributed by atoms with E-state index < -0.39 is 0 Å². The van der Waals surface area contributed by atoms with E-state index in [1.165, 1.54) is 0 Å². The number of pyridine rings is 1. The van der Waals surface area contributed by atoms with Gasteiger partial charge in [0.05, 0.1) is 0 Å². The number of nitrogens with two attached hydrogens (primary N) is 1. The number of ether oxygens (including phenoxy) is 1. The topological polar surface area (TPSA) is 51.4 Å². The highest BCUT2D eigenvalue weighted by Gasteiger charge is 2.03. The highest BCUT2D eigenvalue weighted by Crippen LogP contribution is 2.14. The lowest BCUT2D eigenvalue weighted by atomic mass is 10.1. The lowest BCUT2D eigenvalue weighted by molar-refractivity contribution is 0.218. The molecule has 1 heterocycles. The molecule has 0 spiro atoms. The first-order valence-electron chi connectivity index (χ1n) is 6.24. The van der Waals surface area contributed by atoms with Crippen LogP contribution in [0.1, 0.15) is 32.4 Å². The molecule has 1 atom stereocenters. The summed E-state index contributed by atoms with van der Waals surface area (Å²) in [6.07, 6.45) is 1.74. The van der Waals surface area contributed by atoms with Crippen LogP contribution in [0.15, 0.2) is 18.3 Å². The number of hydrogen-bond acceptors (Lipinski definition) is 4. The normalized spacial score (nSPS) is 12.8. The van der Waals surface area contributed by atoms with Crippen molar-refractivity contribution in [2.24, 2.45) is 5.73 Å². The molecule has 4 heteroatoms. The Morgan fingerprint density at radius 3 is 2.71 bits per heavy atom. The molecule has 1 aromatic heterocycles. The first kappa shape index (κ1) is 13.9. The van der Waals surface area contributed by atoms with Gasteiger partial charge in [0.2, 0.25) is 5.88 Å². The summed E-state index contributed by atoms with van der Waals surface area (Å²) in [5.41, 5.74) is 6.86. The minimum absolute atomic E-state index is 0.0168. The van der Waals surface area contributed by atoms with E-state index in [4.69, 9.17) is 10.5 Å². The molecule has 0 aromatic carbocycles. The van der Waals surface area contributed by atoms with E-state index >= 15 is 0 Å². The second kappa shape index (κ2) is 7.25. The molecule has 0 saturated heterocycles. The van der Waals surface area contributed by atoms with Crippen molar-refractivity contribution < 1.29 is 4.74 Å². The number of aromatic nitrogens is 1. The van der Waals surface area contributed by atoms with Gasteiger partial charge in [0, 0.05) is 24.8 Å². The van der Waals surface area contributed by atoms with Crippen molar-refractivity contribution in [3.63, 3.8) is 0 Å². The lowest BCUT2D eigenvalue weighted by Gasteiger charge is -2.17. The molecule has 1 rings (SSSR count). The van der Waals surface area contributed by atoms with Gasteiger partial charge in [-0.25, -0.2) is 4.98 Å². The number of rotatable bonds is 7. The Morgan fingerprint density at radius 1 is 1.41 bits per heavy atom. The zero-order valence-corrected chi connectivity index (χ0v) is 11.0. The molecule has 2 N–H and O–H groups in total. The maximum atomic E-state index is 5.81. The number of hydrogen-bond donors (Lipinski definition) is 1. The monoisotopic (exact) mass is 237 g/mol. The van der Waals surface area contributed by atoms with Gasteiger partial charge in [-0.05, 0) is 31.6 Å². The first-order valence-corrected chi connectivity index (χ1v) is 6.24. The van der Waals surface area contributed by atoms with Crippen molar-refractivity contribution >= 4 is 0 Å². The van der Waals surface area contributed by atoms with Crippen molar-refractivity contribution in [3.8, 4) is 5.88 Å². The first-order chi connectivity index (χ1) is 8.17. The van der Waals surface area contributed by atoms with Crippen LogP contribution in [0.3, 0.4) is 0 Å². The molecule has 17 heavy (non-hydrogen) atoms. The minimum atomic E-state index is 0.0168. The Kier molecular flexibility index (Phi) is 5.94. The van der Waals surface area contributed by atoms with Gasteiger partial charge >= 0.3 is 0 Å². The lowest BCUT2D eigenvalue weighted by Crippen LogP contribution is -2.28. The Bertz CT molecular complexity index is 324. The molecular weight excluding hydrogens is 214 g/mol. The predicted molar refractivity (Wildman–Crippen MR) is 70.1 cm³/mol. The molecule has 1 aromatic rings. The van der Waals surface area contributed by atoms with E-state index in [0.717, 1.165) is 25.2 Å². The van der Waals surface area contributed by atoms with Crippen LogP contribution < -0.4 is 10.5 Å². The van der Waals surface area contributed by atoms with E-state index in [9.17, 15) is 0 Å². The van der Waals surface area contributed by atoms with Crippen molar-refractivity contribution in [3.05, 3.63) is 23.9 Å². The number of likely N-dealkylation sites (N-methyl/N-ethyl adjacent to an activating group) is 1. The van der Waals surface area contributed by atoms with Crippen LogP contribution in [0, 0.1) is 0 Å². The summed E-state index contributed by atoms with van der Waals surface area (Å²) in [7, 11) is 0. The van der Waals surface area contributed by atoms with Crippen molar-refractivity contribution in [1.82, 2.24) is 9.88 Å². The molecule has 0 unspecified atom stereocenters. The van der Waals surface area contributed by atoms with Crippen LogP contribution in [-0.4, -0.2) is 36.1 Å². The van der Waals surface area contributed by atoms with Crippen LogP contribution in [0.5, 0.6) is 5.88 Å². The minimum Gasteiger partial charge on any atom is -0.476 e. The fraction of sp³-hybridized carbons (Fsp3) is 0.615. The van der Waals surface area contributed by atoms with Crippen molar-refractivity contribution in [1.29, 1.82) is 0 Å². The third-order valence-corrected chi connectivity index (χ3v) is 2.84. The average molecular weight is 237 g/mol. The van der Waals surface area contributed by atoms with Gasteiger partial charge in [0.25, 0.3) is 0 Å². The van der Waals surface area contributed by atoms with Crippen LogP contribution in [-0.2, 0) is 0 Å². The number of nitrogens with zero attached hydrogens (tertiary/aromatic N) is 2. The largest absolute Gasteiger partial charge is 0.476 e. The van der Waals surface area contributed by atoms with E-state index in [0.29, 0.717) is 12.5 Å². The van der Waals surface area contributed by atoms with E-state index in [2.05, 4.69) is 23.7 Å². The summed E-state index contributed by atoms with van der Waals surface area (Å²) in [6, 6.07) is 3.84. The fourth-order valence-electron chi connectivity index (χ4n) is 1.61. The predicted octanol–water partition coefficient (Wildman–Crippen LogP) is 1.82. The Balaban J connectivity index is 2.43. The summed E-state index contributed by atoms with van der Waals surface area (Å²) in [6.45, 7) is 9.94. The molecular formula is C13H23N3O. The Labute approximate surface area is 104 Å². The van der Waals surface area contributed by atoms with E-state index in [1.807, 2.05) is 19.1 Å². The molecule has 0 saturated carbocycles. The summed E-state index contributed by atoms with van der Waals surface area (Å²) < 4.78 is 5.62. The van der Waals surface area contributed by atoms with Crippen molar-refractivity contribution in [2.75, 3.05) is 26.2 Å². The molecule has 0 aliphatic heterocycles. The fourth-order valence-corrected chi connectivity index (χ4v) is 1.61. The third kappa shape index (κ3) is 4.71. The average Bonchev–Trinajstić information content (AvgIpc) is 2.35. The molecule has 0 aliphatic carbocycles. The van der Waals surface area contributed by atoms with Gasteiger partial charge in [-0.1, -0.05) is 13.8 Å². The highest BCUT2D eigenvalue weighted by molar-refractivity contribution is 5.22. The summed E-state index contributed by atoms with van der Waals surface area (Å²) in [5.74, 6) is 0.659. The second-order valence-electron chi connectivity index (χ2n) is 4.09. The molecule has 0 radical (unpaired) electrons. The standard InChI is InChI=1S/C13H23N3O/c1-4-16(5-2)8-9-17-13-10-12(11(3)14)6-7-15-13/h6-7,10-11H,4-5,8-9,14H2,1-3H3/t11-/m0/s1. The molecule has 0 fully saturated rings. The van der Waals surface area contributed by atoms with Crippen LogP contribution in [0.4, 0.5) is 0 Å². The SMILES string of the molecule is CCN(CC)CCOc1cc([C@H](C)N)ccn1. The summed E-state index contributed by atoms with van der Waals surface area (Å²) >= 11 is 0. The smallest absolute Gasteiger partial charge is 0.213 e. The Morgan fingerprint density at radius 2 is 2.12 bits per heavy atom. The van der Waals surface area contributed by atoms with Crippen molar-refractivity contribution in [2.45, 2.75) is 26.8 Å². The summed E-state index contributed by atoms with van der Waals surface area (Å²) in [5, 5.41) is 0. The molecule has 4 nitrogen and oxygen atoms in total. The van der Waals surface area contributed by atoms with E-state index in [-0.39, 0.29) is 6.04 Å².